The van der Waals surface area contributed by atoms with Gasteiger partial charge in [-0.05, 0) is 30.7 Å². The highest BCUT2D eigenvalue weighted by Gasteiger charge is 2.12. The summed E-state index contributed by atoms with van der Waals surface area (Å²) >= 11 is 5.67. The van der Waals surface area contributed by atoms with E-state index in [1.54, 1.807) is 6.07 Å². The standard InChI is InChI=1S/C14H16ClFN2O/c1-9(2)6-17-7-13-14(19-8-18-13)10-3-4-11(15)12(16)5-10/h3-5,8-9,17H,6-7H2,1-2H3. The van der Waals surface area contributed by atoms with Crippen LogP contribution in [-0.4, -0.2) is 11.5 Å². The summed E-state index contributed by atoms with van der Waals surface area (Å²) in [7, 11) is 0. The number of aromatic nitrogens is 1. The van der Waals surface area contributed by atoms with E-state index in [-0.39, 0.29) is 5.02 Å². The maximum Gasteiger partial charge on any atom is 0.181 e. The quantitative estimate of drug-likeness (QED) is 0.904. The first-order chi connectivity index (χ1) is 9.08. The topological polar surface area (TPSA) is 38.1 Å². The molecule has 0 aliphatic rings. The van der Waals surface area contributed by atoms with E-state index >= 15 is 0 Å². The second-order valence-corrected chi connectivity index (χ2v) is 5.19. The van der Waals surface area contributed by atoms with Crippen LogP contribution in [0.4, 0.5) is 4.39 Å². The van der Waals surface area contributed by atoms with Gasteiger partial charge in [0, 0.05) is 12.1 Å². The van der Waals surface area contributed by atoms with Crippen LogP contribution in [0.5, 0.6) is 0 Å². The third-order valence-electron chi connectivity index (χ3n) is 2.67. The minimum Gasteiger partial charge on any atom is -0.443 e. The molecule has 0 fully saturated rings. The van der Waals surface area contributed by atoms with Crippen molar-refractivity contribution in [3.05, 3.63) is 41.1 Å². The molecule has 0 amide bonds. The van der Waals surface area contributed by atoms with Crippen LogP contribution in [0.25, 0.3) is 11.3 Å². The van der Waals surface area contributed by atoms with E-state index in [1.165, 1.54) is 18.5 Å². The van der Waals surface area contributed by atoms with Gasteiger partial charge in [0.2, 0.25) is 0 Å². The Morgan fingerprint density at radius 3 is 2.89 bits per heavy atom. The number of oxazole rings is 1. The Kier molecular flexibility index (Phi) is 4.56. The van der Waals surface area contributed by atoms with Gasteiger partial charge in [0.1, 0.15) is 11.5 Å². The lowest BCUT2D eigenvalue weighted by molar-refractivity contribution is 0.544. The van der Waals surface area contributed by atoms with Gasteiger partial charge in [-0.25, -0.2) is 9.37 Å². The predicted molar refractivity (Wildman–Crippen MR) is 73.5 cm³/mol. The molecule has 0 aliphatic heterocycles. The Labute approximate surface area is 116 Å². The van der Waals surface area contributed by atoms with Crippen molar-refractivity contribution in [3.63, 3.8) is 0 Å². The van der Waals surface area contributed by atoms with Crippen molar-refractivity contribution in [3.8, 4) is 11.3 Å². The van der Waals surface area contributed by atoms with Gasteiger partial charge in [-0.2, -0.15) is 0 Å². The van der Waals surface area contributed by atoms with Gasteiger partial charge in [-0.15, -0.1) is 0 Å². The summed E-state index contributed by atoms with van der Waals surface area (Å²) in [4.78, 5) is 4.16. The average molecular weight is 283 g/mol. The molecule has 1 aromatic carbocycles. The molecule has 3 nitrogen and oxygen atoms in total. The zero-order valence-corrected chi connectivity index (χ0v) is 11.7. The van der Waals surface area contributed by atoms with Crippen LogP contribution >= 0.6 is 11.6 Å². The molecule has 19 heavy (non-hydrogen) atoms. The van der Waals surface area contributed by atoms with Gasteiger partial charge in [-0.1, -0.05) is 25.4 Å². The molecule has 0 aliphatic carbocycles. The van der Waals surface area contributed by atoms with Gasteiger partial charge >= 0.3 is 0 Å². The van der Waals surface area contributed by atoms with Crippen LogP contribution in [0.1, 0.15) is 19.5 Å². The van der Waals surface area contributed by atoms with E-state index < -0.39 is 5.82 Å². The van der Waals surface area contributed by atoms with E-state index in [4.69, 9.17) is 16.0 Å². The van der Waals surface area contributed by atoms with E-state index in [0.29, 0.717) is 23.8 Å². The highest BCUT2D eigenvalue weighted by Crippen LogP contribution is 2.26. The molecule has 0 radical (unpaired) electrons. The molecule has 0 spiro atoms. The van der Waals surface area contributed by atoms with Gasteiger partial charge in [0.15, 0.2) is 12.2 Å². The molecule has 0 atom stereocenters. The minimum absolute atomic E-state index is 0.0998. The summed E-state index contributed by atoms with van der Waals surface area (Å²) in [6, 6.07) is 4.59. The lowest BCUT2D eigenvalue weighted by atomic mass is 10.1. The Hall–Kier alpha value is -1.39. The molecule has 0 saturated heterocycles. The Morgan fingerprint density at radius 1 is 1.42 bits per heavy atom. The molecule has 1 N–H and O–H groups in total. The van der Waals surface area contributed by atoms with Crippen LogP contribution < -0.4 is 5.32 Å². The molecule has 1 aromatic heterocycles. The van der Waals surface area contributed by atoms with Crippen molar-refractivity contribution in [2.45, 2.75) is 20.4 Å². The molecule has 0 unspecified atom stereocenters. The first-order valence-corrected chi connectivity index (χ1v) is 6.54. The summed E-state index contributed by atoms with van der Waals surface area (Å²) in [6.07, 6.45) is 1.37. The summed E-state index contributed by atoms with van der Waals surface area (Å²) in [5, 5.41) is 3.38. The molecule has 2 rings (SSSR count). The summed E-state index contributed by atoms with van der Waals surface area (Å²) in [5.74, 6) is 0.673. The van der Waals surface area contributed by atoms with Crippen molar-refractivity contribution in [2.24, 2.45) is 5.92 Å². The largest absolute Gasteiger partial charge is 0.443 e. The van der Waals surface area contributed by atoms with Crippen molar-refractivity contribution in [1.82, 2.24) is 10.3 Å². The van der Waals surface area contributed by atoms with Crippen LogP contribution in [0, 0.1) is 11.7 Å². The van der Waals surface area contributed by atoms with E-state index in [0.717, 1.165) is 12.2 Å². The summed E-state index contributed by atoms with van der Waals surface area (Å²) in [5.41, 5.74) is 1.41. The zero-order valence-electron chi connectivity index (χ0n) is 10.9. The summed E-state index contributed by atoms with van der Waals surface area (Å²) < 4.78 is 18.8. The summed E-state index contributed by atoms with van der Waals surface area (Å²) in [6.45, 7) is 5.74. The van der Waals surface area contributed by atoms with Crippen molar-refractivity contribution in [1.29, 1.82) is 0 Å². The highest BCUT2D eigenvalue weighted by atomic mass is 35.5. The maximum atomic E-state index is 13.5. The third kappa shape index (κ3) is 3.55. The minimum atomic E-state index is -0.461. The first kappa shape index (κ1) is 14.0. The fourth-order valence-corrected chi connectivity index (χ4v) is 1.86. The van der Waals surface area contributed by atoms with Gasteiger partial charge in [0.25, 0.3) is 0 Å². The van der Waals surface area contributed by atoms with Crippen molar-refractivity contribution >= 4 is 11.6 Å². The number of hydrogen-bond acceptors (Lipinski definition) is 3. The molecule has 5 heteroatoms. The number of nitrogens with one attached hydrogen (secondary N) is 1. The maximum absolute atomic E-state index is 13.5. The second kappa shape index (κ2) is 6.17. The predicted octanol–water partition coefficient (Wildman–Crippen LogP) is 3.88. The van der Waals surface area contributed by atoms with Crippen LogP contribution in [-0.2, 0) is 6.54 Å². The number of hydrogen-bond donors (Lipinski definition) is 1. The third-order valence-corrected chi connectivity index (χ3v) is 2.97. The molecule has 1 heterocycles. The van der Waals surface area contributed by atoms with Crippen LogP contribution in [0.15, 0.2) is 29.0 Å². The molecular weight excluding hydrogens is 267 g/mol. The van der Waals surface area contributed by atoms with Crippen LogP contribution in [0.3, 0.4) is 0 Å². The zero-order chi connectivity index (χ0) is 13.8. The number of nitrogens with zero attached hydrogens (tertiary/aromatic N) is 1. The Bertz CT molecular complexity index is 554. The molecule has 102 valence electrons. The SMILES string of the molecule is CC(C)CNCc1ncoc1-c1ccc(Cl)c(F)c1. The smallest absolute Gasteiger partial charge is 0.181 e. The average Bonchev–Trinajstić information content (AvgIpc) is 2.80. The van der Waals surface area contributed by atoms with Crippen molar-refractivity contribution in [2.75, 3.05) is 6.54 Å². The van der Waals surface area contributed by atoms with Gasteiger partial charge in [-0.3, -0.25) is 0 Å². The molecule has 0 bridgehead atoms. The van der Waals surface area contributed by atoms with E-state index in [1.807, 2.05) is 0 Å². The molecular formula is C14H16ClFN2O. The number of halogens is 2. The number of benzene rings is 1. The van der Waals surface area contributed by atoms with E-state index in [2.05, 4.69) is 24.1 Å². The fraction of sp³-hybridized carbons (Fsp3) is 0.357. The monoisotopic (exact) mass is 282 g/mol. The first-order valence-electron chi connectivity index (χ1n) is 6.16. The second-order valence-electron chi connectivity index (χ2n) is 4.78. The Morgan fingerprint density at radius 2 is 2.21 bits per heavy atom. The van der Waals surface area contributed by atoms with Crippen LogP contribution in [0.2, 0.25) is 5.02 Å². The normalized spacial score (nSPS) is 11.2. The number of rotatable bonds is 5. The lowest BCUT2D eigenvalue weighted by Crippen LogP contribution is -2.19. The fourth-order valence-electron chi connectivity index (χ4n) is 1.75. The van der Waals surface area contributed by atoms with E-state index in [9.17, 15) is 4.39 Å². The highest BCUT2D eigenvalue weighted by molar-refractivity contribution is 6.30. The van der Waals surface area contributed by atoms with Gasteiger partial charge in [0.05, 0.1) is 5.02 Å². The lowest BCUT2D eigenvalue weighted by Gasteiger charge is -2.07. The van der Waals surface area contributed by atoms with Crippen molar-refractivity contribution < 1.29 is 8.81 Å². The van der Waals surface area contributed by atoms with Gasteiger partial charge < -0.3 is 9.73 Å². The molecule has 2 aromatic rings. The Balaban J connectivity index is 2.16. The molecule has 0 saturated carbocycles.